The Balaban J connectivity index is 3.35. The van der Waals surface area contributed by atoms with Gasteiger partial charge in [0.2, 0.25) is 5.91 Å². The van der Waals surface area contributed by atoms with Crippen molar-refractivity contribution in [3.8, 4) is 11.5 Å². The van der Waals surface area contributed by atoms with Gasteiger partial charge >= 0.3 is 0 Å². The number of rotatable bonds is 2. The predicted molar refractivity (Wildman–Crippen MR) is 47.9 cm³/mol. The number of phenols is 1. The van der Waals surface area contributed by atoms with E-state index in [-0.39, 0.29) is 11.5 Å². The molecule has 3 N–H and O–H groups in total. The number of methoxy groups -OCH3 is 1. The van der Waals surface area contributed by atoms with Gasteiger partial charge in [0.25, 0.3) is 0 Å². The number of phenolic OH excluding ortho intramolecular Hbond substituents is 1. The molecular formula is C9H11NO3. The standard InChI is InChI=1S/C9H11NO3/c1-5-6(9(10)12)3-4-7(11)8(5)13-2/h3-4,11H,1-2H3,(H2,10,12). The van der Waals surface area contributed by atoms with Crippen LogP contribution in [0.5, 0.6) is 11.5 Å². The minimum absolute atomic E-state index is 0.00463. The summed E-state index contributed by atoms with van der Waals surface area (Å²) < 4.78 is 4.91. The Kier molecular flexibility index (Phi) is 2.41. The van der Waals surface area contributed by atoms with Crippen LogP contribution < -0.4 is 10.5 Å². The molecule has 70 valence electrons. The first-order valence-corrected chi connectivity index (χ1v) is 3.74. The van der Waals surface area contributed by atoms with Crippen LogP contribution in [0.1, 0.15) is 15.9 Å². The van der Waals surface area contributed by atoms with Gasteiger partial charge in [-0.15, -0.1) is 0 Å². The van der Waals surface area contributed by atoms with Gasteiger partial charge < -0.3 is 15.6 Å². The number of nitrogens with two attached hydrogens (primary N) is 1. The molecule has 1 rings (SSSR count). The normalized spacial score (nSPS) is 9.69. The van der Waals surface area contributed by atoms with Crippen LogP contribution in [-0.4, -0.2) is 18.1 Å². The highest BCUT2D eigenvalue weighted by atomic mass is 16.5. The smallest absolute Gasteiger partial charge is 0.249 e. The summed E-state index contributed by atoms with van der Waals surface area (Å²) in [4.78, 5) is 10.9. The summed E-state index contributed by atoms with van der Waals surface area (Å²) in [7, 11) is 1.42. The van der Waals surface area contributed by atoms with Crippen molar-refractivity contribution < 1.29 is 14.6 Å². The number of hydrogen-bond acceptors (Lipinski definition) is 3. The van der Waals surface area contributed by atoms with Crippen LogP contribution in [0.4, 0.5) is 0 Å². The topological polar surface area (TPSA) is 72.6 Å². The van der Waals surface area contributed by atoms with Crippen LogP contribution in [0, 0.1) is 6.92 Å². The SMILES string of the molecule is COc1c(O)ccc(C(N)=O)c1C. The Bertz CT molecular complexity index is 347. The zero-order chi connectivity index (χ0) is 10.0. The van der Waals surface area contributed by atoms with Crippen LogP contribution in [0.3, 0.4) is 0 Å². The largest absolute Gasteiger partial charge is 0.504 e. The maximum absolute atomic E-state index is 10.9. The lowest BCUT2D eigenvalue weighted by molar-refractivity contribution is 0.0999. The van der Waals surface area contributed by atoms with Gasteiger partial charge in [0.05, 0.1) is 7.11 Å². The number of ether oxygens (including phenoxy) is 1. The second kappa shape index (κ2) is 3.35. The van der Waals surface area contributed by atoms with E-state index in [1.54, 1.807) is 6.92 Å². The Hall–Kier alpha value is -1.71. The van der Waals surface area contributed by atoms with Gasteiger partial charge in [-0.3, -0.25) is 4.79 Å². The first-order valence-electron chi connectivity index (χ1n) is 3.74. The Morgan fingerprint density at radius 2 is 2.15 bits per heavy atom. The highest BCUT2D eigenvalue weighted by molar-refractivity contribution is 5.95. The van der Waals surface area contributed by atoms with Crippen LogP contribution in [-0.2, 0) is 0 Å². The fraction of sp³-hybridized carbons (Fsp3) is 0.222. The van der Waals surface area contributed by atoms with Crippen LogP contribution >= 0.6 is 0 Å². The summed E-state index contributed by atoms with van der Waals surface area (Å²) in [5, 5.41) is 9.32. The lowest BCUT2D eigenvalue weighted by atomic mass is 10.1. The second-order valence-electron chi connectivity index (χ2n) is 2.65. The number of carbonyl (C=O) groups excluding carboxylic acids is 1. The van der Waals surface area contributed by atoms with E-state index in [1.807, 2.05) is 0 Å². The van der Waals surface area contributed by atoms with Gasteiger partial charge in [-0.1, -0.05) is 0 Å². The Labute approximate surface area is 75.9 Å². The second-order valence-corrected chi connectivity index (χ2v) is 2.65. The van der Waals surface area contributed by atoms with Crippen molar-refractivity contribution in [3.05, 3.63) is 23.3 Å². The van der Waals surface area contributed by atoms with Gasteiger partial charge in [0.1, 0.15) is 0 Å². The molecule has 0 unspecified atom stereocenters. The summed E-state index contributed by atoms with van der Waals surface area (Å²) >= 11 is 0. The van der Waals surface area contributed by atoms with Crippen molar-refractivity contribution in [2.45, 2.75) is 6.92 Å². The molecule has 0 saturated carbocycles. The van der Waals surface area contributed by atoms with E-state index in [2.05, 4.69) is 0 Å². The first kappa shape index (κ1) is 9.38. The van der Waals surface area contributed by atoms with Crippen LogP contribution in [0.2, 0.25) is 0 Å². The van der Waals surface area contributed by atoms with Gasteiger partial charge in [0.15, 0.2) is 11.5 Å². The third kappa shape index (κ3) is 1.56. The zero-order valence-electron chi connectivity index (χ0n) is 7.50. The van der Waals surface area contributed by atoms with Crippen molar-refractivity contribution in [2.24, 2.45) is 5.73 Å². The maximum Gasteiger partial charge on any atom is 0.249 e. The molecule has 1 aromatic carbocycles. The highest BCUT2D eigenvalue weighted by Crippen LogP contribution is 2.31. The van der Waals surface area contributed by atoms with Crippen molar-refractivity contribution in [1.82, 2.24) is 0 Å². The van der Waals surface area contributed by atoms with Gasteiger partial charge in [0, 0.05) is 11.1 Å². The molecule has 0 aromatic heterocycles. The quantitative estimate of drug-likeness (QED) is 0.709. The summed E-state index contributed by atoms with van der Waals surface area (Å²) in [6.45, 7) is 1.67. The molecule has 0 bridgehead atoms. The van der Waals surface area contributed by atoms with E-state index in [0.717, 1.165) is 0 Å². The number of aromatic hydroxyl groups is 1. The van der Waals surface area contributed by atoms with Crippen molar-refractivity contribution in [3.63, 3.8) is 0 Å². The summed E-state index contributed by atoms with van der Waals surface area (Å²) in [5.74, 6) is -0.239. The molecule has 0 atom stereocenters. The molecule has 13 heavy (non-hydrogen) atoms. The van der Waals surface area contributed by atoms with Gasteiger partial charge in [-0.05, 0) is 19.1 Å². The molecule has 0 aliphatic rings. The van der Waals surface area contributed by atoms with E-state index in [4.69, 9.17) is 10.5 Å². The molecular weight excluding hydrogens is 170 g/mol. The number of amides is 1. The van der Waals surface area contributed by atoms with Crippen LogP contribution in [0.25, 0.3) is 0 Å². The van der Waals surface area contributed by atoms with E-state index >= 15 is 0 Å². The van der Waals surface area contributed by atoms with E-state index < -0.39 is 5.91 Å². The molecule has 0 radical (unpaired) electrons. The molecule has 1 aromatic rings. The average molecular weight is 181 g/mol. The maximum atomic E-state index is 10.9. The molecule has 0 heterocycles. The van der Waals surface area contributed by atoms with E-state index in [0.29, 0.717) is 11.1 Å². The molecule has 4 heteroatoms. The Morgan fingerprint density at radius 1 is 1.54 bits per heavy atom. The molecule has 0 spiro atoms. The lowest BCUT2D eigenvalue weighted by Gasteiger charge is -2.09. The number of primary amides is 1. The minimum Gasteiger partial charge on any atom is -0.504 e. The summed E-state index contributed by atoms with van der Waals surface area (Å²) in [6.07, 6.45) is 0. The van der Waals surface area contributed by atoms with Gasteiger partial charge in [-0.2, -0.15) is 0 Å². The molecule has 0 aliphatic heterocycles. The lowest BCUT2D eigenvalue weighted by Crippen LogP contribution is -2.13. The van der Waals surface area contributed by atoms with E-state index in [1.165, 1.54) is 19.2 Å². The van der Waals surface area contributed by atoms with Crippen molar-refractivity contribution >= 4 is 5.91 Å². The van der Waals surface area contributed by atoms with Crippen molar-refractivity contribution in [2.75, 3.05) is 7.11 Å². The molecule has 1 amide bonds. The molecule has 0 aliphatic carbocycles. The molecule has 4 nitrogen and oxygen atoms in total. The molecule has 0 saturated heterocycles. The summed E-state index contributed by atoms with van der Waals surface area (Å²) in [5.41, 5.74) is 6.02. The Morgan fingerprint density at radius 3 is 2.62 bits per heavy atom. The third-order valence-electron chi connectivity index (χ3n) is 1.85. The van der Waals surface area contributed by atoms with Crippen molar-refractivity contribution in [1.29, 1.82) is 0 Å². The first-order chi connectivity index (χ1) is 6.07. The van der Waals surface area contributed by atoms with E-state index in [9.17, 15) is 9.90 Å². The van der Waals surface area contributed by atoms with Crippen LogP contribution in [0.15, 0.2) is 12.1 Å². The minimum atomic E-state index is -0.532. The monoisotopic (exact) mass is 181 g/mol. The number of benzene rings is 1. The number of hydrogen-bond donors (Lipinski definition) is 2. The third-order valence-corrected chi connectivity index (χ3v) is 1.85. The average Bonchev–Trinajstić information content (AvgIpc) is 2.04. The fourth-order valence-corrected chi connectivity index (χ4v) is 1.20. The predicted octanol–water partition coefficient (Wildman–Crippen LogP) is 0.808. The zero-order valence-corrected chi connectivity index (χ0v) is 7.50. The molecule has 0 fully saturated rings. The summed E-state index contributed by atoms with van der Waals surface area (Å²) in [6, 6.07) is 2.85. The number of carbonyl (C=O) groups is 1. The van der Waals surface area contributed by atoms with Gasteiger partial charge in [-0.25, -0.2) is 0 Å². The highest BCUT2D eigenvalue weighted by Gasteiger charge is 2.12. The fourth-order valence-electron chi connectivity index (χ4n) is 1.20.